The van der Waals surface area contributed by atoms with E-state index in [0.717, 1.165) is 21.8 Å². The molecular formula is C30H24AuN2P+. The van der Waals surface area contributed by atoms with E-state index in [0.29, 0.717) is 0 Å². The molecule has 0 amide bonds. The van der Waals surface area contributed by atoms with Gasteiger partial charge < -0.3 is 0 Å². The molecule has 0 bridgehead atoms. The summed E-state index contributed by atoms with van der Waals surface area (Å²) >= 11 is 0. The number of rotatable bonds is 3. The Morgan fingerprint density at radius 1 is 0.382 bits per heavy atom. The molecule has 2 aromatic heterocycles. The van der Waals surface area contributed by atoms with Gasteiger partial charge >= 0.3 is 0 Å². The van der Waals surface area contributed by atoms with Crippen LogP contribution in [0.3, 0.4) is 0 Å². The Morgan fingerprint density at radius 3 is 1.09 bits per heavy atom. The molecule has 0 atom stereocenters. The molecule has 0 unspecified atom stereocenters. The van der Waals surface area contributed by atoms with Crippen LogP contribution in [-0.4, -0.2) is 9.97 Å². The van der Waals surface area contributed by atoms with E-state index in [2.05, 4.69) is 125 Å². The minimum atomic E-state index is -0.877. The summed E-state index contributed by atoms with van der Waals surface area (Å²) in [5, 5.41) is 6.58. The maximum absolute atomic E-state index is 4.35. The van der Waals surface area contributed by atoms with Gasteiger partial charge in [-0.05, 0) is 48.5 Å². The number of nitrogens with zero attached hydrogens (tertiary/aromatic N) is 2. The summed E-state index contributed by atoms with van der Waals surface area (Å²) in [6.45, 7) is 0. The first kappa shape index (κ1) is 24.0. The number of benzene rings is 4. The molecule has 0 saturated heterocycles. The van der Waals surface area contributed by atoms with Crippen LogP contribution in [0.2, 0.25) is 0 Å². The maximum Gasteiger partial charge on any atom is 0.102 e. The summed E-state index contributed by atoms with van der Waals surface area (Å²) in [4.78, 5) is 8.69. The summed E-state index contributed by atoms with van der Waals surface area (Å²) < 4.78 is 0. The van der Waals surface area contributed by atoms with Crippen molar-refractivity contribution in [3.05, 3.63) is 140 Å². The third kappa shape index (κ3) is 5.50. The fourth-order valence-corrected chi connectivity index (χ4v) is 6.57. The first-order valence-electron chi connectivity index (χ1n) is 11.0. The smallest absolute Gasteiger partial charge is 0.102 e. The van der Waals surface area contributed by atoms with Gasteiger partial charge in [-0.25, -0.2) is 0 Å². The predicted molar refractivity (Wildman–Crippen MR) is 144 cm³/mol. The van der Waals surface area contributed by atoms with Gasteiger partial charge in [-0.3, -0.25) is 9.97 Å². The Balaban J connectivity index is 0.000000163. The summed E-state index contributed by atoms with van der Waals surface area (Å²) in [5.74, 6) is 0. The predicted octanol–water partition coefficient (Wildman–Crippen LogP) is 5.96. The summed E-state index contributed by atoms with van der Waals surface area (Å²) in [7, 11) is -0.877. The summed E-state index contributed by atoms with van der Waals surface area (Å²) in [5.41, 5.74) is 1.95. The number of pyridine rings is 2. The third-order valence-electron chi connectivity index (χ3n) is 5.53. The molecule has 0 spiro atoms. The van der Waals surface area contributed by atoms with E-state index in [9.17, 15) is 0 Å². The molecule has 0 saturated carbocycles. The first-order chi connectivity index (χ1) is 16.4. The van der Waals surface area contributed by atoms with Crippen molar-refractivity contribution in [3.63, 3.8) is 0 Å². The molecule has 2 heterocycles. The van der Waals surface area contributed by atoms with E-state index in [4.69, 9.17) is 0 Å². The Bertz CT molecular complexity index is 1310. The molecule has 1 radical (unpaired) electrons. The SMILES string of the molecule is [Au].c1ccc([PH+](c2ccccc2)c2ccccc2)cc1.c1cnc2c(c1)ccc1cccnc12. The Labute approximate surface area is 217 Å². The van der Waals surface area contributed by atoms with Crippen LogP contribution < -0.4 is 15.9 Å². The van der Waals surface area contributed by atoms with Gasteiger partial charge in [-0.15, -0.1) is 0 Å². The molecular weight excluding hydrogens is 616 g/mol. The number of hydrogen-bond acceptors (Lipinski definition) is 2. The van der Waals surface area contributed by atoms with Crippen LogP contribution in [0.4, 0.5) is 0 Å². The number of hydrogen-bond donors (Lipinski definition) is 0. The van der Waals surface area contributed by atoms with Crippen LogP contribution in [0, 0.1) is 0 Å². The number of fused-ring (bicyclic) bond motifs is 3. The molecule has 169 valence electrons. The summed E-state index contributed by atoms with van der Waals surface area (Å²) in [6, 6.07) is 44.6. The number of aromatic nitrogens is 2. The standard InChI is InChI=1S/C18H15P.C12H8N2.Au/c1-4-10-16(11-5-1)19(17-12-6-2-7-13-17)18-14-8-3-9-15-18;1-3-9-5-6-10-4-2-8-14-12(10)11(9)13-7-1;/h1-15H;1-8H;/p+1. The van der Waals surface area contributed by atoms with Gasteiger partial charge in [0.15, 0.2) is 0 Å². The minimum absolute atomic E-state index is 0. The molecule has 0 aliphatic carbocycles. The third-order valence-corrected chi connectivity index (χ3v) is 8.26. The molecule has 0 N–H and O–H groups in total. The molecule has 4 aromatic carbocycles. The molecule has 0 aliphatic rings. The van der Waals surface area contributed by atoms with Crippen molar-refractivity contribution in [1.29, 1.82) is 0 Å². The van der Waals surface area contributed by atoms with Crippen molar-refractivity contribution in [3.8, 4) is 0 Å². The van der Waals surface area contributed by atoms with E-state index in [-0.39, 0.29) is 22.4 Å². The second-order valence-electron chi connectivity index (χ2n) is 7.69. The Hall–Kier alpha value is -3.13. The van der Waals surface area contributed by atoms with Gasteiger partial charge in [0.25, 0.3) is 0 Å². The van der Waals surface area contributed by atoms with Crippen molar-refractivity contribution in [2.75, 3.05) is 0 Å². The van der Waals surface area contributed by atoms with Crippen LogP contribution in [0.5, 0.6) is 0 Å². The van der Waals surface area contributed by atoms with E-state index in [1.54, 1.807) is 12.4 Å². The second kappa shape index (κ2) is 11.8. The Morgan fingerprint density at radius 2 is 0.735 bits per heavy atom. The van der Waals surface area contributed by atoms with Gasteiger partial charge in [0.2, 0.25) is 0 Å². The molecule has 2 nitrogen and oxygen atoms in total. The van der Waals surface area contributed by atoms with Gasteiger partial charge in [0.05, 0.1) is 19.0 Å². The average Bonchev–Trinajstić information content (AvgIpc) is 2.91. The molecule has 6 aromatic rings. The van der Waals surface area contributed by atoms with Crippen molar-refractivity contribution in [1.82, 2.24) is 9.97 Å². The van der Waals surface area contributed by atoms with Crippen LogP contribution in [-0.2, 0) is 22.4 Å². The fourth-order valence-electron chi connectivity index (χ4n) is 3.99. The normalized spacial score (nSPS) is 10.4. The molecule has 0 fully saturated rings. The van der Waals surface area contributed by atoms with Crippen molar-refractivity contribution in [2.45, 2.75) is 0 Å². The molecule has 6 rings (SSSR count). The zero-order chi connectivity index (χ0) is 22.3. The minimum Gasteiger partial charge on any atom is -0.254 e. The largest absolute Gasteiger partial charge is 0.254 e. The van der Waals surface area contributed by atoms with Crippen molar-refractivity contribution < 1.29 is 22.4 Å². The molecule has 4 heteroatoms. The van der Waals surface area contributed by atoms with Crippen LogP contribution >= 0.6 is 7.92 Å². The van der Waals surface area contributed by atoms with E-state index < -0.39 is 7.92 Å². The van der Waals surface area contributed by atoms with Crippen molar-refractivity contribution in [2.24, 2.45) is 0 Å². The van der Waals surface area contributed by atoms with E-state index in [1.807, 2.05) is 12.1 Å². The second-order valence-corrected chi connectivity index (χ2v) is 10.2. The summed E-state index contributed by atoms with van der Waals surface area (Å²) in [6.07, 6.45) is 3.60. The van der Waals surface area contributed by atoms with Gasteiger partial charge in [-0.1, -0.05) is 78.9 Å². The van der Waals surface area contributed by atoms with Crippen LogP contribution in [0.25, 0.3) is 21.8 Å². The zero-order valence-corrected chi connectivity index (χ0v) is 21.6. The first-order valence-corrected chi connectivity index (χ1v) is 12.5. The average molecular weight is 640 g/mol. The topological polar surface area (TPSA) is 25.8 Å². The van der Waals surface area contributed by atoms with Crippen LogP contribution in [0.1, 0.15) is 0 Å². The quantitative estimate of drug-likeness (QED) is 0.136. The van der Waals surface area contributed by atoms with E-state index in [1.165, 1.54) is 15.9 Å². The zero-order valence-electron chi connectivity index (χ0n) is 18.5. The molecule has 0 aliphatic heterocycles. The van der Waals surface area contributed by atoms with E-state index >= 15 is 0 Å². The van der Waals surface area contributed by atoms with Gasteiger partial charge in [0.1, 0.15) is 15.9 Å². The fraction of sp³-hybridized carbons (Fsp3) is 0. The Kier molecular flexibility index (Phi) is 8.36. The molecule has 34 heavy (non-hydrogen) atoms. The van der Waals surface area contributed by atoms with Crippen molar-refractivity contribution >= 4 is 45.6 Å². The monoisotopic (exact) mass is 640 g/mol. The van der Waals surface area contributed by atoms with Crippen LogP contribution in [0.15, 0.2) is 140 Å². The van der Waals surface area contributed by atoms with Gasteiger partial charge in [0, 0.05) is 45.5 Å². The maximum atomic E-state index is 4.35. The van der Waals surface area contributed by atoms with Gasteiger partial charge in [-0.2, -0.15) is 0 Å².